The molecule has 6 aromatic rings. The minimum Gasteiger partial charge on any atom is -0.504 e. The molecule has 0 saturated heterocycles. The van der Waals surface area contributed by atoms with Gasteiger partial charge in [0.05, 0.1) is 30.1 Å². The zero-order valence-electron chi connectivity index (χ0n) is 19.7. The molecule has 0 saturated carbocycles. The average Bonchev–Trinajstić information content (AvgIpc) is 2.94. The second kappa shape index (κ2) is 14.4. The van der Waals surface area contributed by atoms with E-state index in [4.69, 9.17) is 69.6 Å². The van der Waals surface area contributed by atoms with Crippen LogP contribution in [0.15, 0.2) is 73.2 Å². The Hall–Kier alpha value is -1.74. The molecule has 13 heteroatoms. The number of halogens is 6. The van der Waals surface area contributed by atoms with Crippen LogP contribution in [0.2, 0.25) is 30.1 Å². The predicted molar refractivity (Wildman–Crippen MR) is 160 cm³/mol. The minimum atomic E-state index is -0.0262. The number of benzene rings is 3. The molecule has 3 N–H and O–H groups in total. The van der Waals surface area contributed by atoms with Gasteiger partial charge < -0.3 is 15.3 Å². The van der Waals surface area contributed by atoms with Gasteiger partial charge in [-0.15, -0.1) is 0 Å². The fourth-order valence-electron chi connectivity index (χ4n) is 3.47. The predicted octanol–water partition coefficient (Wildman–Crippen LogP) is 9.74. The molecule has 3 aromatic carbocycles. The summed E-state index contributed by atoms with van der Waals surface area (Å²) in [4.78, 5) is 12.0. The third-order valence-corrected chi connectivity index (χ3v) is 7.11. The zero-order chi connectivity index (χ0) is 28.3. The van der Waals surface area contributed by atoms with E-state index in [1.807, 2.05) is 0 Å². The van der Waals surface area contributed by atoms with Gasteiger partial charge in [-0.2, -0.15) is 0 Å². The molecule has 0 aliphatic rings. The summed E-state index contributed by atoms with van der Waals surface area (Å²) in [6.07, 6.45) is 4.73. The number of phenols is 3. The molecule has 211 valence electrons. The van der Waals surface area contributed by atoms with E-state index in [2.05, 4.69) is 15.0 Å². The molecule has 0 atom stereocenters. The summed E-state index contributed by atoms with van der Waals surface area (Å²) in [5.41, 5.74) is 1.29. The summed E-state index contributed by atoms with van der Waals surface area (Å²) in [7, 11) is 0. The van der Waals surface area contributed by atoms with Crippen LogP contribution in [0.5, 0.6) is 17.2 Å². The Balaban J connectivity index is 0.000000163. The van der Waals surface area contributed by atoms with Crippen LogP contribution in [0, 0.1) is 36.9 Å². The first-order valence-corrected chi connectivity index (χ1v) is 13.1. The normalized spacial score (nSPS) is 10.3. The van der Waals surface area contributed by atoms with E-state index in [-0.39, 0.29) is 69.2 Å². The summed E-state index contributed by atoms with van der Waals surface area (Å²) in [6, 6.07) is 15.1. The van der Waals surface area contributed by atoms with Crippen LogP contribution in [0.1, 0.15) is 0 Å². The van der Waals surface area contributed by atoms with Crippen LogP contribution >= 0.6 is 69.6 Å². The van der Waals surface area contributed by atoms with Crippen molar-refractivity contribution in [2.45, 2.75) is 0 Å². The average molecular weight is 811 g/mol. The molecule has 6 nitrogen and oxygen atoms in total. The molecule has 0 amide bonds. The molecule has 0 bridgehead atoms. The molecule has 0 aliphatic heterocycles. The van der Waals surface area contributed by atoms with Crippen LogP contribution in [-0.2, 0) is 0 Å². The number of nitrogens with zero attached hydrogens (tertiary/aromatic N) is 3. The van der Waals surface area contributed by atoms with E-state index in [1.165, 1.54) is 18.2 Å². The topological polar surface area (TPSA) is 99.4 Å². The van der Waals surface area contributed by atoms with Gasteiger partial charge in [-0.05, 0) is 54.6 Å². The van der Waals surface area contributed by atoms with Gasteiger partial charge in [-0.25, -0.2) is 0 Å². The van der Waals surface area contributed by atoms with Crippen molar-refractivity contribution in [1.29, 1.82) is 0 Å². The first-order chi connectivity index (χ1) is 18.6. The molecular weight excluding hydrogens is 796 g/mol. The van der Waals surface area contributed by atoms with Crippen molar-refractivity contribution in [3.63, 3.8) is 0 Å². The summed E-state index contributed by atoms with van der Waals surface area (Å²) in [5, 5.41) is 32.8. The molecule has 1 radical (unpaired) electrons. The van der Waals surface area contributed by atoms with Crippen LogP contribution in [-0.4, -0.2) is 30.3 Å². The summed E-state index contributed by atoms with van der Waals surface area (Å²) in [5.74, 6) is -0.0787. The van der Waals surface area contributed by atoms with Crippen LogP contribution in [0.25, 0.3) is 32.7 Å². The van der Waals surface area contributed by atoms with Crippen molar-refractivity contribution in [2.75, 3.05) is 0 Å². The number of fused-ring (bicyclic) bond motifs is 3. The van der Waals surface area contributed by atoms with Gasteiger partial charge in [-0.3, -0.25) is 15.0 Å². The number of pyridine rings is 3. The van der Waals surface area contributed by atoms with Crippen LogP contribution < -0.4 is 0 Å². The van der Waals surface area contributed by atoms with Crippen molar-refractivity contribution >= 4 is 102 Å². The van der Waals surface area contributed by atoms with Gasteiger partial charge in [0.1, 0.15) is 16.6 Å². The third-order valence-electron chi connectivity index (χ3n) is 5.31. The van der Waals surface area contributed by atoms with Crippen LogP contribution in [0.4, 0.5) is 0 Å². The maximum Gasteiger partial charge on any atom is 0.160 e. The fourth-order valence-corrected chi connectivity index (χ4v) is 5.02. The smallest absolute Gasteiger partial charge is 0.160 e. The second-order valence-corrected chi connectivity index (χ2v) is 10.2. The maximum atomic E-state index is 9.53. The number of aromatic nitrogens is 3. The third kappa shape index (κ3) is 7.18. The molecule has 6 rings (SSSR count). The summed E-state index contributed by atoms with van der Waals surface area (Å²) >= 11 is 34.9. The van der Waals surface area contributed by atoms with E-state index in [0.717, 1.165) is 0 Å². The van der Waals surface area contributed by atoms with Crippen molar-refractivity contribution in [2.24, 2.45) is 0 Å². The van der Waals surface area contributed by atoms with Crippen molar-refractivity contribution in [3.8, 4) is 17.2 Å². The Labute approximate surface area is 287 Å². The number of phenolic OH excluding ortho intramolecular Hbond substituents is 3. The first kappa shape index (κ1) is 32.8. The van der Waals surface area contributed by atoms with Gasteiger partial charge in [-0.1, -0.05) is 69.6 Å². The summed E-state index contributed by atoms with van der Waals surface area (Å²) < 4.78 is 0. The monoisotopic (exact) mass is 808 g/mol. The second-order valence-electron chi connectivity index (χ2n) is 7.77. The van der Waals surface area contributed by atoms with E-state index >= 15 is 0 Å². The number of rotatable bonds is 0. The molecule has 0 spiro atoms. The number of aromatic hydroxyl groups is 3. The van der Waals surface area contributed by atoms with Gasteiger partial charge in [0.2, 0.25) is 0 Å². The molecule has 3 heterocycles. The molecule has 0 unspecified atom stereocenters. The van der Waals surface area contributed by atoms with Gasteiger partial charge >= 0.3 is 0 Å². The Morgan fingerprint density at radius 1 is 0.425 bits per heavy atom. The van der Waals surface area contributed by atoms with Gasteiger partial charge in [0.15, 0.2) is 17.2 Å². The zero-order valence-corrected chi connectivity index (χ0v) is 26.0. The largest absolute Gasteiger partial charge is 0.504 e. The Morgan fingerprint density at radius 3 is 0.925 bits per heavy atom. The van der Waals surface area contributed by atoms with E-state index in [0.29, 0.717) is 47.8 Å². The molecule has 3 aromatic heterocycles. The standard InChI is InChI=1S/3C9H5Cl2NO.Tm/c3*10-6-4-7(11)9(13)8-5(6)2-1-3-12-8;/h3*1-4,13H;. The Bertz CT molecular complexity index is 1630. The molecule has 40 heavy (non-hydrogen) atoms. The number of hydrogen-bond acceptors (Lipinski definition) is 6. The van der Waals surface area contributed by atoms with Crippen LogP contribution in [0.3, 0.4) is 0 Å². The molecule has 0 fully saturated rings. The first-order valence-electron chi connectivity index (χ1n) is 10.8. The van der Waals surface area contributed by atoms with Crippen molar-refractivity contribution in [1.82, 2.24) is 15.0 Å². The molecular formula is C27H15Cl6N3O3Tm. The Morgan fingerprint density at radius 2 is 0.675 bits per heavy atom. The SMILES string of the molecule is Oc1c(Cl)cc(Cl)c2cccnc12.Oc1c(Cl)cc(Cl)c2cccnc12.Oc1c(Cl)cc(Cl)c2cccnc12.[Tm]. The Kier molecular flexibility index (Phi) is 11.8. The van der Waals surface area contributed by atoms with Crippen molar-refractivity contribution in [3.05, 3.63) is 103 Å². The van der Waals surface area contributed by atoms with E-state index in [1.54, 1.807) is 55.0 Å². The summed E-state index contributed by atoms with van der Waals surface area (Å²) in [6.45, 7) is 0. The van der Waals surface area contributed by atoms with Gasteiger partial charge in [0.25, 0.3) is 0 Å². The molecule has 0 aliphatic carbocycles. The number of hydrogen-bond donors (Lipinski definition) is 3. The van der Waals surface area contributed by atoms with Crippen molar-refractivity contribution < 1.29 is 52.2 Å². The maximum absolute atomic E-state index is 9.53. The quantitative estimate of drug-likeness (QED) is 0.141. The van der Waals surface area contributed by atoms with Gasteiger partial charge in [0, 0.05) is 71.6 Å². The fraction of sp³-hybridized carbons (Fsp3) is 0. The van der Waals surface area contributed by atoms with E-state index in [9.17, 15) is 15.3 Å². The minimum absolute atomic E-state index is 0. The van der Waals surface area contributed by atoms with E-state index < -0.39 is 0 Å².